The number of carboxylic acid groups (broad SMARTS) is 1. The largest absolute Gasteiger partial charge is 0.508 e. The molecule has 14 nitrogen and oxygen atoms in total. The number of aromatic hydroxyl groups is 1. The van der Waals surface area contributed by atoms with Gasteiger partial charge < -0.3 is 48.1 Å². The molecule has 0 heterocycles. The molecule has 0 aliphatic rings. The van der Waals surface area contributed by atoms with Crippen molar-refractivity contribution in [3.05, 3.63) is 29.8 Å². The molecule has 1 aromatic carbocycles. The summed E-state index contributed by atoms with van der Waals surface area (Å²) in [6.07, 6.45) is 0.312. The maximum atomic E-state index is 13.5. The SMILES string of the molecule is CC(C)C[C@H](NC(=O)[C@@H](NC(=O)[C@H](CCCCN)NC(=O)[C@H](CC(C)C)NC(=O)[C@@H](N)Cc1ccc(O)cc1)[C@@H](C)O)C(=O)O. The molecule has 0 fully saturated rings. The molecular formula is C31H52N6O8. The third-order valence-corrected chi connectivity index (χ3v) is 7.03. The fourth-order valence-electron chi connectivity index (χ4n) is 4.61. The van der Waals surface area contributed by atoms with Crippen molar-refractivity contribution in [1.29, 1.82) is 0 Å². The van der Waals surface area contributed by atoms with Gasteiger partial charge in [-0.3, -0.25) is 19.2 Å². The number of hydrogen-bond donors (Lipinski definition) is 9. The third kappa shape index (κ3) is 14.7. The van der Waals surface area contributed by atoms with E-state index in [1.54, 1.807) is 26.0 Å². The van der Waals surface area contributed by atoms with Crippen LogP contribution in [-0.2, 0) is 30.4 Å². The molecular weight excluding hydrogens is 584 g/mol. The van der Waals surface area contributed by atoms with Crippen molar-refractivity contribution in [3.63, 3.8) is 0 Å². The van der Waals surface area contributed by atoms with E-state index in [-0.39, 0.29) is 43.3 Å². The summed E-state index contributed by atoms with van der Waals surface area (Å²) < 4.78 is 0. The molecule has 11 N–H and O–H groups in total. The summed E-state index contributed by atoms with van der Waals surface area (Å²) in [7, 11) is 0. The minimum atomic E-state index is -1.50. The zero-order chi connectivity index (χ0) is 34.3. The van der Waals surface area contributed by atoms with Crippen LogP contribution in [0.25, 0.3) is 0 Å². The van der Waals surface area contributed by atoms with Gasteiger partial charge in [-0.05, 0) is 81.5 Å². The van der Waals surface area contributed by atoms with Crippen LogP contribution in [0, 0.1) is 11.8 Å². The number of hydrogen-bond acceptors (Lipinski definition) is 9. The first kappa shape index (κ1) is 39.3. The summed E-state index contributed by atoms with van der Waals surface area (Å²) in [6.45, 7) is 8.94. The molecule has 0 radical (unpaired) electrons. The van der Waals surface area contributed by atoms with Crippen molar-refractivity contribution in [2.24, 2.45) is 23.3 Å². The van der Waals surface area contributed by atoms with E-state index in [4.69, 9.17) is 11.5 Å². The first-order valence-electron chi connectivity index (χ1n) is 15.4. The van der Waals surface area contributed by atoms with Crippen LogP contribution in [0.15, 0.2) is 24.3 Å². The van der Waals surface area contributed by atoms with Gasteiger partial charge in [0.1, 0.15) is 29.9 Å². The van der Waals surface area contributed by atoms with Gasteiger partial charge in [0.15, 0.2) is 0 Å². The zero-order valence-electron chi connectivity index (χ0n) is 26.9. The lowest BCUT2D eigenvalue weighted by Crippen LogP contribution is -2.60. The summed E-state index contributed by atoms with van der Waals surface area (Å²) in [5.74, 6) is -4.10. The number of phenols is 1. The van der Waals surface area contributed by atoms with Crippen LogP contribution in [0.5, 0.6) is 5.75 Å². The van der Waals surface area contributed by atoms with Gasteiger partial charge in [-0.1, -0.05) is 39.8 Å². The smallest absolute Gasteiger partial charge is 0.326 e. The maximum Gasteiger partial charge on any atom is 0.326 e. The predicted molar refractivity (Wildman–Crippen MR) is 169 cm³/mol. The van der Waals surface area contributed by atoms with Crippen molar-refractivity contribution < 1.29 is 39.3 Å². The minimum Gasteiger partial charge on any atom is -0.508 e. The number of carbonyl (C=O) groups excluding carboxylic acids is 4. The van der Waals surface area contributed by atoms with Crippen molar-refractivity contribution >= 4 is 29.6 Å². The number of benzene rings is 1. The van der Waals surface area contributed by atoms with E-state index in [1.165, 1.54) is 19.1 Å². The van der Waals surface area contributed by atoms with Crippen LogP contribution >= 0.6 is 0 Å². The van der Waals surface area contributed by atoms with E-state index in [0.29, 0.717) is 24.9 Å². The zero-order valence-corrected chi connectivity index (χ0v) is 26.9. The number of nitrogens with two attached hydrogens (primary N) is 2. The highest BCUT2D eigenvalue weighted by molar-refractivity contribution is 5.95. The quantitative estimate of drug-likeness (QED) is 0.0859. The summed E-state index contributed by atoms with van der Waals surface area (Å²) in [4.78, 5) is 64.4. The molecule has 0 saturated carbocycles. The van der Waals surface area contributed by atoms with Crippen molar-refractivity contribution in [1.82, 2.24) is 21.3 Å². The predicted octanol–water partition coefficient (Wildman–Crippen LogP) is -0.112. The third-order valence-electron chi connectivity index (χ3n) is 7.03. The van der Waals surface area contributed by atoms with E-state index in [2.05, 4.69) is 21.3 Å². The number of carbonyl (C=O) groups is 5. The number of rotatable bonds is 20. The topological polar surface area (TPSA) is 246 Å². The molecule has 1 rings (SSSR count). The van der Waals surface area contributed by atoms with Crippen LogP contribution < -0.4 is 32.7 Å². The fourth-order valence-corrected chi connectivity index (χ4v) is 4.61. The van der Waals surface area contributed by atoms with Gasteiger partial charge in [-0.25, -0.2) is 4.79 Å². The molecule has 0 spiro atoms. The van der Waals surface area contributed by atoms with E-state index in [0.717, 1.165) is 0 Å². The minimum absolute atomic E-state index is 0.0183. The number of amides is 4. The first-order chi connectivity index (χ1) is 21.0. The van der Waals surface area contributed by atoms with E-state index >= 15 is 0 Å². The fraction of sp³-hybridized carbons (Fsp3) is 0.645. The molecule has 6 atom stereocenters. The Labute approximate surface area is 265 Å². The summed E-state index contributed by atoms with van der Waals surface area (Å²) >= 11 is 0. The molecule has 0 aromatic heterocycles. The van der Waals surface area contributed by atoms with Crippen LogP contribution in [0.2, 0.25) is 0 Å². The molecule has 1 aromatic rings. The van der Waals surface area contributed by atoms with Gasteiger partial charge in [-0.15, -0.1) is 0 Å². The summed E-state index contributed by atoms with van der Waals surface area (Å²) in [5, 5.41) is 39.5. The number of nitrogens with one attached hydrogen (secondary N) is 4. The second-order valence-electron chi connectivity index (χ2n) is 12.3. The standard InChI is InChI=1S/C31H52N6O8/c1-17(2)14-24(35-27(40)22(33)16-20-9-11-21(39)12-10-20)29(42)34-23(8-6-7-13-32)28(41)37-26(19(5)38)30(43)36-25(31(44)45)15-18(3)4/h9-12,17-19,22-26,38-39H,6-8,13-16,32-33H2,1-5H3,(H,34,42)(H,35,40)(H,36,43)(H,37,41)(H,44,45)/t19-,22+,23+,24+,25+,26+/m1/s1. The average molecular weight is 637 g/mol. The van der Waals surface area contributed by atoms with Crippen LogP contribution in [0.4, 0.5) is 0 Å². The lowest BCUT2D eigenvalue weighted by atomic mass is 10.00. The molecule has 14 heteroatoms. The number of phenolic OH excluding ortho intramolecular Hbond substituents is 1. The van der Waals surface area contributed by atoms with Crippen LogP contribution in [-0.4, -0.2) is 87.8 Å². The molecule has 0 aliphatic carbocycles. The second kappa shape index (κ2) is 19.6. The van der Waals surface area contributed by atoms with Crippen LogP contribution in [0.3, 0.4) is 0 Å². The highest BCUT2D eigenvalue weighted by Crippen LogP contribution is 2.13. The Morgan fingerprint density at radius 3 is 1.76 bits per heavy atom. The molecule has 254 valence electrons. The molecule has 4 amide bonds. The lowest BCUT2D eigenvalue weighted by Gasteiger charge is -2.28. The van der Waals surface area contributed by atoms with Gasteiger partial charge in [-0.2, -0.15) is 0 Å². The van der Waals surface area contributed by atoms with Crippen LogP contribution in [0.1, 0.15) is 72.3 Å². The summed E-state index contributed by atoms with van der Waals surface area (Å²) in [6, 6.07) is 0.338. The molecule has 0 bridgehead atoms. The average Bonchev–Trinajstić information content (AvgIpc) is 2.94. The second-order valence-corrected chi connectivity index (χ2v) is 12.3. The summed E-state index contributed by atoms with van der Waals surface area (Å²) in [5.41, 5.74) is 12.4. The normalized spacial score (nSPS) is 15.3. The van der Waals surface area contributed by atoms with Crippen molar-refractivity contribution in [2.75, 3.05) is 6.54 Å². The van der Waals surface area contributed by atoms with Gasteiger partial charge in [0.2, 0.25) is 23.6 Å². The highest BCUT2D eigenvalue weighted by atomic mass is 16.4. The van der Waals surface area contributed by atoms with Gasteiger partial charge in [0, 0.05) is 0 Å². The Morgan fingerprint density at radius 1 is 0.733 bits per heavy atom. The Kier molecular flexibility index (Phi) is 17.1. The van der Waals surface area contributed by atoms with Gasteiger partial charge in [0.25, 0.3) is 0 Å². The highest BCUT2D eigenvalue weighted by Gasteiger charge is 2.34. The number of carboxylic acids is 1. The Bertz CT molecular complexity index is 1110. The first-order valence-corrected chi connectivity index (χ1v) is 15.4. The van der Waals surface area contributed by atoms with Crippen molar-refractivity contribution in [3.8, 4) is 5.75 Å². The number of aliphatic hydroxyl groups is 1. The molecule has 0 aliphatic heterocycles. The lowest BCUT2D eigenvalue weighted by molar-refractivity contribution is -0.143. The number of unbranched alkanes of at least 4 members (excludes halogenated alkanes) is 1. The van der Waals surface area contributed by atoms with Gasteiger partial charge >= 0.3 is 5.97 Å². The maximum absolute atomic E-state index is 13.5. The van der Waals surface area contributed by atoms with E-state index in [1.807, 2.05) is 13.8 Å². The molecule has 0 saturated heterocycles. The van der Waals surface area contributed by atoms with Crippen molar-refractivity contribution in [2.45, 2.75) is 109 Å². The van der Waals surface area contributed by atoms with E-state index in [9.17, 15) is 39.3 Å². The Morgan fingerprint density at radius 2 is 1.24 bits per heavy atom. The monoisotopic (exact) mass is 636 g/mol. The Hall–Kier alpha value is -3.75. The van der Waals surface area contributed by atoms with Gasteiger partial charge in [0.05, 0.1) is 12.1 Å². The number of aliphatic hydroxyl groups excluding tert-OH is 1. The number of aliphatic carboxylic acids is 1. The molecule has 0 unspecified atom stereocenters. The molecule has 45 heavy (non-hydrogen) atoms. The van der Waals surface area contributed by atoms with E-state index < -0.39 is 65.9 Å². The Balaban J connectivity index is 3.09.